The first kappa shape index (κ1) is 15.9. The average Bonchev–Trinajstić information content (AvgIpc) is 3.13. The molecule has 2 atom stereocenters. The minimum atomic E-state index is -0.619. The van der Waals surface area contributed by atoms with Crippen molar-refractivity contribution in [2.45, 2.75) is 31.4 Å². The number of aromatic nitrogens is 5. The van der Waals surface area contributed by atoms with Gasteiger partial charge in [-0.3, -0.25) is 10.2 Å². The van der Waals surface area contributed by atoms with Crippen molar-refractivity contribution in [2.75, 3.05) is 12.4 Å². The predicted molar refractivity (Wildman–Crippen MR) is 84.3 cm³/mol. The summed E-state index contributed by atoms with van der Waals surface area (Å²) in [5.41, 5.74) is 5.73. The average molecular weight is 339 g/mol. The first-order valence-electron chi connectivity index (χ1n) is 7.16. The molecule has 0 aromatic carbocycles. The van der Waals surface area contributed by atoms with Crippen LogP contribution in [0.25, 0.3) is 11.0 Å². The Kier molecular flexibility index (Phi) is 4.33. The van der Waals surface area contributed by atoms with Crippen molar-refractivity contribution in [3.63, 3.8) is 0 Å². The molecule has 11 heteroatoms. The van der Waals surface area contributed by atoms with E-state index in [1.807, 2.05) is 6.92 Å². The first-order valence-corrected chi connectivity index (χ1v) is 8.21. The van der Waals surface area contributed by atoms with Crippen LogP contribution in [0.3, 0.4) is 0 Å². The van der Waals surface area contributed by atoms with Crippen molar-refractivity contribution in [2.24, 2.45) is 5.73 Å². The van der Waals surface area contributed by atoms with Crippen LogP contribution in [-0.2, 0) is 11.2 Å². The van der Waals surface area contributed by atoms with Gasteiger partial charge in [-0.2, -0.15) is 14.5 Å². The van der Waals surface area contributed by atoms with Crippen molar-refractivity contribution in [3.05, 3.63) is 16.0 Å². The molecule has 1 aliphatic heterocycles. The van der Waals surface area contributed by atoms with Gasteiger partial charge in [0.15, 0.2) is 11.7 Å². The molecule has 4 N–H and O–H groups in total. The predicted octanol–water partition coefficient (Wildman–Crippen LogP) is -0.738. The highest BCUT2D eigenvalue weighted by Gasteiger charge is 2.30. The smallest absolute Gasteiger partial charge is 0.298 e. The fraction of sp³-hybridized carbons (Fsp3) is 0.583. The van der Waals surface area contributed by atoms with E-state index >= 15 is 0 Å². The van der Waals surface area contributed by atoms with E-state index in [4.69, 9.17) is 21.0 Å². The van der Waals surface area contributed by atoms with Gasteiger partial charge in [0.05, 0.1) is 12.3 Å². The van der Waals surface area contributed by atoms with Crippen molar-refractivity contribution < 1.29 is 9.84 Å². The Hall–Kier alpha value is -1.98. The zero-order valence-electron chi connectivity index (χ0n) is 12.5. The molecule has 0 aliphatic carbocycles. The summed E-state index contributed by atoms with van der Waals surface area (Å²) in [4.78, 5) is 12.7. The van der Waals surface area contributed by atoms with E-state index in [1.54, 1.807) is 0 Å². The summed E-state index contributed by atoms with van der Waals surface area (Å²) >= 11 is 1.39. The van der Waals surface area contributed by atoms with Gasteiger partial charge in [0.1, 0.15) is 11.0 Å². The summed E-state index contributed by atoms with van der Waals surface area (Å²) < 4.78 is 7.74. The number of nitrogens with zero attached hydrogens (tertiary/aromatic N) is 5. The topological polar surface area (TPSA) is 145 Å². The summed E-state index contributed by atoms with van der Waals surface area (Å²) in [6.45, 7) is 1.84. The lowest BCUT2D eigenvalue weighted by molar-refractivity contribution is -0.0143. The minimum absolute atomic E-state index is 0.122. The SMILES string of the molecule is CCCc1nn(C(=N)N)c2c(=O)n(C3CSC(CO)O3)nnc12. The van der Waals surface area contributed by atoms with E-state index < -0.39 is 17.2 Å². The maximum Gasteiger partial charge on any atom is 0.298 e. The fourth-order valence-electron chi connectivity index (χ4n) is 2.43. The molecule has 2 aromatic rings. The molecular weight excluding hydrogens is 322 g/mol. The van der Waals surface area contributed by atoms with Gasteiger partial charge in [-0.05, 0) is 6.42 Å². The number of aryl methyl sites for hydroxylation is 1. The fourth-order valence-corrected chi connectivity index (χ4v) is 3.34. The second kappa shape index (κ2) is 6.26. The quantitative estimate of drug-likeness (QED) is 0.488. The van der Waals surface area contributed by atoms with Crippen LogP contribution >= 0.6 is 11.8 Å². The Morgan fingerprint density at radius 2 is 2.39 bits per heavy atom. The van der Waals surface area contributed by atoms with Gasteiger partial charge < -0.3 is 15.6 Å². The second-order valence-corrected chi connectivity index (χ2v) is 6.26. The maximum atomic E-state index is 12.7. The van der Waals surface area contributed by atoms with Crippen LogP contribution < -0.4 is 11.3 Å². The third kappa shape index (κ3) is 2.71. The molecule has 0 bridgehead atoms. The lowest BCUT2D eigenvalue weighted by atomic mass is 10.2. The van der Waals surface area contributed by atoms with Crippen molar-refractivity contribution in [1.29, 1.82) is 5.41 Å². The Bertz CT molecular complexity index is 802. The van der Waals surface area contributed by atoms with E-state index in [2.05, 4.69) is 15.4 Å². The van der Waals surface area contributed by atoms with E-state index in [9.17, 15) is 4.79 Å². The molecule has 10 nitrogen and oxygen atoms in total. The van der Waals surface area contributed by atoms with Crippen molar-refractivity contribution >= 4 is 28.8 Å². The van der Waals surface area contributed by atoms with E-state index in [0.717, 1.165) is 15.8 Å². The maximum absolute atomic E-state index is 12.7. The minimum Gasteiger partial charge on any atom is -0.393 e. The molecular formula is C12H17N7O3S. The van der Waals surface area contributed by atoms with Crippen LogP contribution in [0, 0.1) is 5.41 Å². The van der Waals surface area contributed by atoms with E-state index in [1.165, 1.54) is 11.8 Å². The number of nitrogen functional groups attached to an aromatic ring is 1. The number of rotatable bonds is 4. The zero-order chi connectivity index (χ0) is 16.6. The van der Waals surface area contributed by atoms with E-state index in [-0.39, 0.29) is 18.1 Å². The Labute approximate surface area is 135 Å². The Balaban J connectivity index is 2.13. The highest BCUT2D eigenvalue weighted by atomic mass is 32.2. The zero-order valence-corrected chi connectivity index (χ0v) is 13.3. The van der Waals surface area contributed by atoms with Gasteiger partial charge in [-0.25, -0.2) is 0 Å². The third-order valence-electron chi connectivity index (χ3n) is 3.45. The van der Waals surface area contributed by atoms with Gasteiger partial charge in [-0.15, -0.1) is 16.9 Å². The lowest BCUT2D eigenvalue weighted by Gasteiger charge is -2.12. The number of fused-ring (bicyclic) bond motifs is 1. The number of thioether (sulfide) groups is 1. The van der Waals surface area contributed by atoms with Crippen LogP contribution in [-0.4, -0.2) is 53.6 Å². The number of aliphatic hydroxyl groups excluding tert-OH is 1. The largest absolute Gasteiger partial charge is 0.393 e. The third-order valence-corrected chi connectivity index (χ3v) is 4.56. The number of nitrogens with two attached hydrogens (primary N) is 1. The van der Waals surface area contributed by atoms with Crippen molar-refractivity contribution in [3.8, 4) is 0 Å². The van der Waals surface area contributed by atoms with Crippen LogP contribution in [0.2, 0.25) is 0 Å². The van der Waals surface area contributed by atoms with E-state index in [0.29, 0.717) is 23.4 Å². The number of nitrogens with one attached hydrogen (secondary N) is 1. The molecule has 124 valence electrons. The normalized spacial score (nSPS) is 21.1. The van der Waals surface area contributed by atoms with Crippen LogP contribution in [0.15, 0.2) is 4.79 Å². The van der Waals surface area contributed by atoms with Crippen molar-refractivity contribution in [1.82, 2.24) is 24.8 Å². The van der Waals surface area contributed by atoms with Crippen LogP contribution in [0.5, 0.6) is 0 Å². The van der Waals surface area contributed by atoms with Gasteiger partial charge in [-0.1, -0.05) is 18.6 Å². The molecule has 0 radical (unpaired) electrons. The molecule has 1 fully saturated rings. The second-order valence-electron chi connectivity index (χ2n) is 5.07. The Morgan fingerprint density at radius 3 is 3.00 bits per heavy atom. The standard InChI is InChI=1S/C12H17N7O3S/c1-2-3-6-9-10(19(16-6)12(13)14)11(21)18(17-15-9)7-5-23-8(4-20)22-7/h7-8,20H,2-5H2,1H3,(H3,13,14). The van der Waals surface area contributed by atoms with Gasteiger partial charge in [0.2, 0.25) is 5.96 Å². The molecule has 0 amide bonds. The van der Waals surface area contributed by atoms with Crippen LogP contribution in [0.1, 0.15) is 25.3 Å². The monoisotopic (exact) mass is 339 g/mol. The molecule has 0 spiro atoms. The number of hydrogen-bond donors (Lipinski definition) is 3. The van der Waals surface area contributed by atoms with Crippen LogP contribution in [0.4, 0.5) is 0 Å². The summed E-state index contributed by atoms with van der Waals surface area (Å²) in [5.74, 6) is 0.116. The molecule has 3 rings (SSSR count). The first-order chi connectivity index (χ1) is 11.1. The highest BCUT2D eigenvalue weighted by Crippen LogP contribution is 2.30. The molecule has 2 unspecified atom stereocenters. The van der Waals surface area contributed by atoms with Gasteiger partial charge in [0, 0.05) is 5.75 Å². The molecule has 0 saturated carbocycles. The summed E-state index contributed by atoms with van der Waals surface area (Å²) in [5, 5.41) is 29.0. The number of hydrogen-bond acceptors (Lipinski definition) is 8. The summed E-state index contributed by atoms with van der Waals surface area (Å²) in [7, 11) is 0. The van der Waals surface area contributed by atoms with Gasteiger partial charge >= 0.3 is 0 Å². The van der Waals surface area contributed by atoms with Gasteiger partial charge in [0.25, 0.3) is 5.56 Å². The molecule has 1 saturated heterocycles. The molecule has 2 aromatic heterocycles. The summed E-state index contributed by atoms with van der Waals surface area (Å²) in [6, 6.07) is 0. The lowest BCUT2D eigenvalue weighted by Crippen LogP contribution is -2.33. The molecule has 23 heavy (non-hydrogen) atoms. The molecule has 1 aliphatic rings. The highest BCUT2D eigenvalue weighted by molar-refractivity contribution is 8.00. The number of ether oxygens (including phenoxy) is 1. The number of aliphatic hydroxyl groups is 1. The molecule has 3 heterocycles. The Morgan fingerprint density at radius 1 is 1.61 bits per heavy atom. The summed E-state index contributed by atoms with van der Waals surface area (Å²) in [6.07, 6.45) is 0.804.